The lowest BCUT2D eigenvalue weighted by Gasteiger charge is -2.21. The highest BCUT2D eigenvalue weighted by Gasteiger charge is 2.25. The first-order chi connectivity index (χ1) is 13.1. The molecule has 2 N–H and O–H groups in total. The van der Waals surface area contributed by atoms with Crippen LogP contribution in [0.4, 0.5) is 14.5 Å². The van der Waals surface area contributed by atoms with Crippen LogP contribution in [0.3, 0.4) is 0 Å². The summed E-state index contributed by atoms with van der Waals surface area (Å²) in [6.07, 6.45) is 3.41. The highest BCUT2D eigenvalue weighted by molar-refractivity contribution is 14.0. The van der Waals surface area contributed by atoms with Crippen LogP contribution in [0.2, 0.25) is 0 Å². The zero-order chi connectivity index (χ0) is 19.2. The third-order valence-corrected chi connectivity index (χ3v) is 4.66. The van der Waals surface area contributed by atoms with Gasteiger partial charge >= 0.3 is 0 Å². The minimum Gasteiger partial charge on any atom is -0.367 e. The van der Waals surface area contributed by atoms with Crippen LogP contribution in [-0.4, -0.2) is 53.4 Å². The number of aromatic nitrogens is 3. The topological polar surface area (TPSA) is 70.4 Å². The summed E-state index contributed by atoms with van der Waals surface area (Å²) in [5, 5.41) is 14.6. The number of hydrogen-bond donors (Lipinski definition) is 2. The summed E-state index contributed by atoms with van der Waals surface area (Å²) >= 11 is 0. The summed E-state index contributed by atoms with van der Waals surface area (Å²) in [5.41, 5.74) is 0.434. The van der Waals surface area contributed by atoms with Crippen molar-refractivity contribution in [2.75, 3.05) is 31.6 Å². The molecule has 3 rings (SSSR count). The lowest BCUT2D eigenvalue weighted by Crippen LogP contribution is -2.45. The SMILES string of the molecule is CCc1nncn1CCNC(=NC)NC1CCN(c2ccc(F)cc2F)C1.I. The van der Waals surface area contributed by atoms with Gasteiger partial charge in [0.25, 0.3) is 0 Å². The van der Waals surface area contributed by atoms with E-state index in [1.165, 1.54) is 12.1 Å². The zero-order valence-electron chi connectivity index (χ0n) is 16.0. The monoisotopic (exact) mass is 505 g/mol. The van der Waals surface area contributed by atoms with Gasteiger partial charge in [-0.3, -0.25) is 4.99 Å². The summed E-state index contributed by atoms with van der Waals surface area (Å²) in [6, 6.07) is 3.84. The van der Waals surface area contributed by atoms with E-state index in [1.807, 2.05) is 16.4 Å². The van der Waals surface area contributed by atoms with Gasteiger partial charge in [-0.1, -0.05) is 6.92 Å². The fourth-order valence-corrected chi connectivity index (χ4v) is 3.26. The molecule has 1 aliphatic rings. The molecule has 1 saturated heterocycles. The Kier molecular flexibility index (Phi) is 8.39. The van der Waals surface area contributed by atoms with Crippen LogP contribution >= 0.6 is 24.0 Å². The molecule has 0 saturated carbocycles. The van der Waals surface area contributed by atoms with Crippen molar-refractivity contribution in [3.05, 3.63) is 42.0 Å². The second-order valence-electron chi connectivity index (χ2n) is 6.46. The lowest BCUT2D eigenvalue weighted by molar-refractivity contribution is 0.580. The van der Waals surface area contributed by atoms with Crippen molar-refractivity contribution < 1.29 is 8.78 Å². The number of aliphatic imine (C=N–C) groups is 1. The number of benzene rings is 1. The zero-order valence-corrected chi connectivity index (χ0v) is 18.4. The Balaban J connectivity index is 0.00000280. The van der Waals surface area contributed by atoms with E-state index in [9.17, 15) is 8.78 Å². The van der Waals surface area contributed by atoms with Crippen LogP contribution in [0.5, 0.6) is 0 Å². The molecule has 0 bridgehead atoms. The number of halogens is 3. The Labute approximate surface area is 180 Å². The standard InChI is InChI=1S/C18H25F2N7.HI/c1-3-17-25-23-12-27(17)9-7-22-18(21-2)24-14-6-8-26(11-14)16-5-4-13(19)10-15(16)20;/h4-5,10,12,14H,3,6-9,11H2,1-2H3,(H2,21,22,24);1H. The van der Waals surface area contributed by atoms with Crippen molar-refractivity contribution in [1.82, 2.24) is 25.4 Å². The van der Waals surface area contributed by atoms with Crippen LogP contribution < -0.4 is 15.5 Å². The predicted octanol–water partition coefficient (Wildman–Crippen LogP) is 2.18. The largest absolute Gasteiger partial charge is 0.367 e. The second kappa shape index (κ2) is 10.5. The molecule has 10 heteroatoms. The molecule has 28 heavy (non-hydrogen) atoms. The Morgan fingerprint density at radius 2 is 2.18 bits per heavy atom. The number of nitrogens with zero attached hydrogens (tertiary/aromatic N) is 5. The minimum absolute atomic E-state index is 0. The number of nitrogens with one attached hydrogen (secondary N) is 2. The molecule has 0 aliphatic carbocycles. The molecule has 7 nitrogen and oxygen atoms in total. The molecule has 0 radical (unpaired) electrons. The second-order valence-corrected chi connectivity index (χ2v) is 6.46. The molecule has 1 aliphatic heterocycles. The van der Waals surface area contributed by atoms with Gasteiger partial charge in [0.1, 0.15) is 23.8 Å². The van der Waals surface area contributed by atoms with E-state index in [1.54, 1.807) is 13.4 Å². The Bertz CT molecular complexity index is 796. The predicted molar refractivity (Wildman–Crippen MR) is 116 cm³/mol. The van der Waals surface area contributed by atoms with Crippen LogP contribution in [0.15, 0.2) is 29.5 Å². The Morgan fingerprint density at radius 3 is 2.89 bits per heavy atom. The molecule has 1 fully saturated rings. The summed E-state index contributed by atoms with van der Waals surface area (Å²) in [4.78, 5) is 6.17. The minimum atomic E-state index is -0.561. The Morgan fingerprint density at radius 1 is 1.36 bits per heavy atom. The average molecular weight is 505 g/mol. The molecule has 1 atom stereocenters. The van der Waals surface area contributed by atoms with Gasteiger partial charge in [0.05, 0.1) is 5.69 Å². The van der Waals surface area contributed by atoms with E-state index in [-0.39, 0.29) is 30.0 Å². The van der Waals surface area contributed by atoms with Gasteiger partial charge in [-0.25, -0.2) is 8.78 Å². The summed E-state index contributed by atoms with van der Waals surface area (Å²) in [5.74, 6) is 0.563. The van der Waals surface area contributed by atoms with Gasteiger partial charge in [-0.15, -0.1) is 34.2 Å². The van der Waals surface area contributed by atoms with Gasteiger partial charge in [0.15, 0.2) is 5.96 Å². The van der Waals surface area contributed by atoms with Crippen LogP contribution in [0, 0.1) is 11.6 Å². The first-order valence-electron chi connectivity index (χ1n) is 9.14. The van der Waals surface area contributed by atoms with Crippen LogP contribution in [-0.2, 0) is 13.0 Å². The fourth-order valence-electron chi connectivity index (χ4n) is 3.26. The summed E-state index contributed by atoms with van der Waals surface area (Å²) in [6.45, 7) is 4.82. The van der Waals surface area contributed by atoms with Crippen LogP contribution in [0.1, 0.15) is 19.2 Å². The third kappa shape index (κ3) is 5.52. The number of hydrogen-bond acceptors (Lipinski definition) is 4. The molecule has 1 unspecified atom stereocenters. The van der Waals surface area contributed by atoms with Crippen molar-refractivity contribution >= 4 is 35.6 Å². The summed E-state index contributed by atoms with van der Waals surface area (Å²) in [7, 11) is 1.72. The maximum absolute atomic E-state index is 14.0. The molecule has 1 aromatic heterocycles. The normalized spacial score (nSPS) is 16.8. The fraction of sp³-hybridized carbons (Fsp3) is 0.500. The van der Waals surface area contributed by atoms with Crippen molar-refractivity contribution in [1.29, 1.82) is 0 Å². The summed E-state index contributed by atoms with van der Waals surface area (Å²) < 4.78 is 29.1. The van der Waals surface area contributed by atoms with Crippen LogP contribution in [0.25, 0.3) is 0 Å². The molecular formula is C18H26F2IN7. The number of aryl methyl sites for hydroxylation is 1. The molecular weight excluding hydrogens is 479 g/mol. The van der Waals surface area contributed by atoms with Gasteiger partial charge in [0.2, 0.25) is 0 Å². The van der Waals surface area contributed by atoms with Crippen molar-refractivity contribution in [3.8, 4) is 0 Å². The molecule has 0 spiro atoms. The maximum atomic E-state index is 14.0. The van der Waals surface area contributed by atoms with Gasteiger partial charge in [-0.05, 0) is 18.6 Å². The van der Waals surface area contributed by atoms with E-state index < -0.39 is 11.6 Å². The van der Waals surface area contributed by atoms with E-state index >= 15 is 0 Å². The molecule has 154 valence electrons. The quantitative estimate of drug-likeness (QED) is 0.358. The number of guanidine groups is 1. The van der Waals surface area contributed by atoms with E-state index in [0.29, 0.717) is 31.3 Å². The number of rotatable bonds is 6. The highest BCUT2D eigenvalue weighted by atomic mass is 127. The maximum Gasteiger partial charge on any atom is 0.191 e. The highest BCUT2D eigenvalue weighted by Crippen LogP contribution is 2.24. The first kappa shape index (κ1) is 22.3. The smallest absolute Gasteiger partial charge is 0.191 e. The van der Waals surface area contributed by atoms with E-state index in [2.05, 4.69) is 25.8 Å². The van der Waals surface area contributed by atoms with E-state index in [4.69, 9.17) is 0 Å². The lowest BCUT2D eigenvalue weighted by atomic mass is 10.2. The third-order valence-electron chi connectivity index (χ3n) is 4.66. The molecule has 0 amide bonds. The van der Waals surface area contributed by atoms with Crippen molar-refractivity contribution in [3.63, 3.8) is 0 Å². The first-order valence-corrected chi connectivity index (χ1v) is 9.14. The molecule has 2 heterocycles. The van der Waals surface area contributed by atoms with E-state index in [0.717, 1.165) is 31.3 Å². The van der Waals surface area contributed by atoms with Gasteiger partial charge in [-0.2, -0.15) is 0 Å². The van der Waals surface area contributed by atoms with Gasteiger partial charge < -0.3 is 20.1 Å². The van der Waals surface area contributed by atoms with Gasteiger partial charge in [0, 0.05) is 51.8 Å². The Hall–Kier alpha value is -1.98. The average Bonchev–Trinajstić information content (AvgIpc) is 3.30. The van der Waals surface area contributed by atoms with Crippen molar-refractivity contribution in [2.24, 2.45) is 4.99 Å². The molecule has 2 aromatic rings. The van der Waals surface area contributed by atoms with Crippen molar-refractivity contribution in [2.45, 2.75) is 32.4 Å². The molecule has 1 aromatic carbocycles. The number of anilines is 1.